The minimum atomic E-state index is -0.261. The summed E-state index contributed by atoms with van der Waals surface area (Å²) in [7, 11) is 1.78. The first-order chi connectivity index (χ1) is 10.2. The highest BCUT2D eigenvalue weighted by atomic mass is 19.1. The third-order valence-electron chi connectivity index (χ3n) is 3.61. The maximum atomic E-state index is 13.9. The van der Waals surface area contributed by atoms with Crippen molar-refractivity contribution in [2.75, 3.05) is 25.0 Å². The average Bonchev–Trinajstić information content (AvgIpc) is 2.51. The van der Waals surface area contributed by atoms with Gasteiger partial charge in [0, 0.05) is 18.7 Å². The van der Waals surface area contributed by atoms with Crippen LogP contribution in [-0.2, 0) is 0 Å². The molecule has 0 spiro atoms. The van der Waals surface area contributed by atoms with E-state index in [1.165, 1.54) is 12.1 Å². The summed E-state index contributed by atoms with van der Waals surface area (Å²) in [5.74, 6) is -0.510. The molecule has 0 aliphatic carbocycles. The van der Waals surface area contributed by atoms with E-state index in [4.69, 9.17) is 0 Å². The van der Waals surface area contributed by atoms with Gasteiger partial charge in [0.05, 0.1) is 11.7 Å². The third-order valence-corrected chi connectivity index (χ3v) is 3.61. The summed E-state index contributed by atoms with van der Waals surface area (Å²) in [5.41, 5.74) is 1.13. The van der Waals surface area contributed by atoms with Crippen molar-refractivity contribution in [3.63, 3.8) is 0 Å². The van der Waals surface area contributed by atoms with Crippen LogP contribution in [0, 0.1) is 11.6 Å². The Labute approximate surface area is 124 Å². The van der Waals surface area contributed by atoms with Crippen molar-refractivity contribution in [3.8, 4) is 0 Å². The highest BCUT2D eigenvalue weighted by molar-refractivity contribution is 5.48. The van der Waals surface area contributed by atoms with Crippen LogP contribution in [0.1, 0.15) is 18.5 Å². The molecule has 0 saturated carbocycles. The number of hydrogen-bond acceptors (Lipinski definition) is 2. The molecule has 0 aromatic heterocycles. The van der Waals surface area contributed by atoms with Gasteiger partial charge < -0.3 is 10.2 Å². The van der Waals surface area contributed by atoms with Gasteiger partial charge in [0.25, 0.3) is 0 Å². The van der Waals surface area contributed by atoms with E-state index >= 15 is 0 Å². The van der Waals surface area contributed by atoms with Gasteiger partial charge in [-0.05, 0) is 32.2 Å². The monoisotopic (exact) mass is 290 g/mol. The van der Waals surface area contributed by atoms with Gasteiger partial charge in [0.15, 0.2) is 0 Å². The molecule has 1 unspecified atom stereocenters. The molecular weight excluding hydrogens is 270 g/mol. The Morgan fingerprint density at radius 3 is 2.19 bits per heavy atom. The lowest BCUT2D eigenvalue weighted by Gasteiger charge is -2.29. The summed E-state index contributed by atoms with van der Waals surface area (Å²) in [4.78, 5) is 1.91. The molecule has 0 saturated heterocycles. The van der Waals surface area contributed by atoms with Crippen LogP contribution in [0.2, 0.25) is 0 Å². The fraction of sp³-hybridized carbons (Fsp3) is 0.294. The molecule has 0 amide bonds. The number of halogens is 2. The quantitative estimate of drug-likeness (QED) is 0.871. The van der Waals surface area contributed by atoms with Gasteiger partial charge in [-0.25, -0.2) is 8.78 Å². The van der Waals surface area contributed by atoms with E-state index in [-0.39, 0.29) is 17.7 Å². The van der Waals surface area contributed by atoms with Crippen LogP contribution in [-0.4, -0.2) is 20.1 Å². The lowest BCUT2D eigenvalue weighted by molar-refractivity contribution is 0.524. The zero-order valence-electron chi connectivity index (χ0n) is 12.3. The Morgan fingerprint density at radius 1 is 1.00 bits per heavy atom. The van der Waals surface area contributed by atoms with Crippen molar-refractivity contribution in [1.82, 2.24) is 5.32 Å². The standard InChI is InChI=1S/C17H20F2N2/c1-3-21(17-11-7-6-10-15(17)19)12-16(20-2)13-8-4-5-9-14(13)18/h4-11,16,20H,3,12H2,1-2H3. The maximum absolute atomic E-state index is 13.9. The summed E-state index contributed by atoms with van der Waals surface area (Å²) in [6.45, 7) is 3.10. The van der Waals surface area contributed by atoms with Gasteiger partial charge in [-0.15, -0.1) is 0 Å². The Kier molecular flexibility index (Phi) is 5.28. The van der Waals surface area contributed by atoms with Crippen molar-refractivity contribution >= 4 is 5.69 Å². The molecule has 1 atom stereocenters. The van der Waals surface area contributed by atoms with E-state index in [1.54, 1.807) is 37.4 Å². The number of nitrogens with zero attached hydrogens (tertiary/aromatic N) is 1. The van der Waals surface area contributed by atoms with Gasteiger partial charge >= 0.3 is 0 Å². The second kappa shape index (κ2) is 7.18. The van der Waals surface area contributed by atoms with E-state index in [1.807, 2.05) is 17.9 Å². The molecule has 21 heavy (non-hydrogen) atoms. The molecule has 2 nitrogen and oxygen atoms in total. The highest BCUT2D eigenvalue weighted by Gasteiger charge is 2.18. The number of likely N-dealkylation sites (N-methyl/N-ethyl adjacent to an activating group) is 2. The lowest BCUT2D eigenvalue weighted by atomic mass is 10.1. The SMILES string of the molecule is CCN(CC(NC)c1ccccc1F)c1ccccc1F. The second-order valence-electron chi connectivity index (χ2n) is 4.85. The van der Waals surface area contributed by atoms with Gasteiger partial charge in [-0.1, -0.05) is 30.3 Å². The van der Waals surface area contributed by atoms with Crippen molar-refractivity contribution in [2.24, 2.45) is 0 Å². The first kappa shape index (κ1) is 15.4. The van der Waals surface area contributed by atoms with Gasteiger partial charge in [0.2, 0.25) is 0 Å². The number of rotatable bonds is 6. The molecule has 2 aromatic rings. The fourth-order valence-corrected chi connectivity index (χ4v) is 2.43. The van der Waals surface area contributed by atoms with E-state index in [9.17, 15) is 8.78 Å². The van der Waals surface area contributed by atoms with E-state index in [0.717, 1.165) is 0 Å². The summed E-state index contributed by atoms with van der Waals surface area (Å²) in [6.07, 6.45) is 0. The molecule has 0 bridgehead atoms. The van der Waals surface area contributed by atoms with Crippen LogP contribution < -0.4 is 10.2 Å². The summed E-state index contributed by atoms with van der Waals surface area (Å²) < 4.78 is 27.9. The molecule has 0 heterocycles. The molecule has 112 valence electrons. The maximum Gasteiger partial charge on any atom is 0.146 e. The highest BCUT2D eigenvalue weighted by Crippen LogP contribution is 2.23. The molecule has 2 aromatic carbocycles. The number of hydrogen-bond donors (Lipinski definition) is 1. The van der Waals surface area contributed by atoms with E-state index in [0.29, 0.717) is 24.3 Å². The van der Waals surface area contributed by atoms with Crippen LogP contribution >= 0.6 is 0 Å². The lowest BCUT2D eigenvalue weighted by Crippen LogP contribution is -2.34. The van der Waals surface area contributed by atoms with Crippen LogP contribution in [0.3, 0.4) is 0 Å². The van der Waals surface area contributed by atoms with E-state index < -0.39 is 0 Å². The molecule has 1 N–H and O–H groups in total. The van der Waals surface area contributed by atoms with Gasteiger partial charge in [0.1, 0.15) is 11.6 Å². The normalized spacial score (nSPS) is 12.2. The molecule has 0 aliphatic rings. The first-order valence-corrected chi connectivity index (χ1v) is 7.08. The van der Waals surface area contributed by atoms with Crippen molar-refractivity contribution in [3.05, 3.63) is 65.7 Å². The Hall–Kier alpha value is -1.94. The van der Waals surface area contributed by atoms with E-state index in [2.05, 4.69) is 5.32 Å². The molecule has 4 heteroatoms. The van der Waals surface area contributed by atoms with Gasteiger partial charge in [-0.2, -0.15) is 0 Å². The topological polar surface area (TPSA) is 15.3 Å². The zero-order chi connectivity index (χ0) is 15.2. The Bertz CT molecular complexity index is 535. The average molecular weight is 290 g/mol. The van der Waals surface area contributed by atoms with Crippen molar-refractivity contribution < 1.29 is 8.78 Å². The predicted octanol–water partition coefficient (Wildman–Crippen LogP) is 3.75. The molecule has 2 rings (SSSR count). The van der Waals surface area contributed by atoms with Gasteiger partial charge in [-0.3, -0.25) is 0 Å². The fourth-order valence-electron chi connectivity index (χ4n) is 2.43. The largest absolute Gasteiger partial charge is 0.368 e. The van der Waals surface area contributed by atoms with Crippen LogP contribution in [0.4, 0.5) is 14.5 Å². The third kappa shape index (κ3) is 3.58. The number of para-hydroxylation sites is 1. The molecule has 0 fully saturated rings. The minimum Gasteiger partial charge on any atom is -0.368 e. The molecule has 0 aliphatic heterocycles. The second-order valence-corrected chi connectivity index (χ2v) is 4.85. The summed E-state index contributed by atoms with van der Waals surface area (Å²) in [6, 6.07) is 13.1. The summed E-state index contributed by atoms with van der Waals surface area (Å²) in [5, 5.41) is 3.11. The van der Waals surface area contributed by atoms with Crippen LogP contribution in [0.5, 0.6) is 0 Å². The zero-order valence-corrected chi connectivity index (χ0v) is 12.3. The van der Waals surface area contributed by atoms with Crippen LogP contribution in [0.15, 0.2) is 48.5 Å². The van der Waals surface area contributed by atoms with Crippen molar-refractivity contribution in [2.45, 2.75) is 13.0 Å². The Balaban J connectivity index is 2.24. The first-order valence-electron chi connectivity index (χ1n) is 7.08. The molecule has 0 radical (unpaired) electrons. The number of benzene rings is 2. The van der Waals surface area contributed by atoms with Crippen LogP contribution in [0.25, 0.3) is 0 Å². The predicted molar refractivity (Wildman–Crippen MR) is 82.5 cm³/mol. The summed E-state index contributed by atoms with van der Waals surface area (Å²) >= 11 is 0. The van der Waals surface area contributed by atoms with Crippen molar-refractivity contribution in [1.29, 1.82) is 0 Å². The minimum absolute atomic E-state index is 0.203. The smallest absolute Gasteiger partial charge is 0.146 e. The number of nitrogens with one attached hydrogen (secondary N) is 1. The Morgan fingerprint density at radius 2 is 1.62 bits per heavy atom. The number of anilines is 1. The molecular formula is C17H20F2N2.